The van der Waals surface area contributed by atoms with Gasteiger partial charge in [-0.3, -0.25) is 9.59 Å². The van der Waals surface area contributed by atoms with E-state index in [2.05, 4.69) is 10.3 Å². The summed E-state index contributed by atoms with van der Waals surface area (Å²) in [4.78, 5) is 25.5. The second-order valence-corrected chi connectivity index (χ2v) is 4.10. The standard InChI is InChI=1S/C12H18N2O3/c1-3-12(4-2,8-10(15)16)14-11(17)9-6-5-7-13-9/h5-7,13H,3-4,8H2,1-2H3,(H,14,17)(H,15,16). The number of amides is 1. The van der Waals surface area contributed by atoms with Crippen molar-refractivity contribution in [3.05, 3.63) is 24.0 Å². The van der Waals surface area contributed by atoms with Crippen LogP contribution >= 0.6 is 0 Å². The van der Waals surface area contributed by atoms with Gasteiger partial charge < -0.3 is 15.4 Å². The molecule has 5 heteroatoms. The molecule has 0 atom stereocenters. The maximum Gasteiger partial charge on any atom is 0.305 e. The molecule has 0 aromatic carbocycles. The number of nitrogens with one attached hydrogen (secondary N) is 2. The van der Waals surface area contributed by atoms with Crippen LogP contribution in [0.3, 0.4) is 0 Å². The summed E-state index contributed by atoms with van der Waals surface area (Å²) < 4.78 is 0. The van der Waals surface area contributed by atoms with E-state index in [0.29, 0.717) is 18.5 Å². The minimum atomic E-state index is -0.902. The van der Waals surface area contributed by atoms with Gasteiger partial charge >= 0.3 is 5.97 Å². The summed E-state index contributed by atoms with van der Waals surface area (Å²) in [7, 11) is 0. The van der Waals surface area contributed by atoms with Gasteiger partial charge in [0.1, 0.15) is 5.69 Å². The minimum absolute atomic E-state index is 0.0630. The van der Waals surface area contributed by atoms with Crippen LogP contribution in [0, 0.1) is 0 Å². The van der Waals surface area contributed by atoms with Gasteiger partial charge in [0.25, 0.3) is 5.91 Å². The zero-order chi connectivity index (χ0) is 12.9. The van der Waals surface area contributed by atoms with Crippen LogP contribution in [-0.2, 0) is 4.79 Å². The molecule has 3 N–H and O–H groups in total. The number of carboxylic acids is 1. The molecule has 0 radical (unpaired) electrons. The highest BCUT2D eigenvalue weighted by molar-refractivity contribution is 5.93. The van der Waals surface area contributed by atoms with E-state index >= 15 is 0 Å². The van der Waals surface area contributed by atoms with Gasteiger partial charge in [0, 0.05) is 6.20 Å². The summed E-state index contributed by atoms with van der Waals surface area (Å²) >= 11 is 0. The quantitative estimate of drug-likeness (QED) is 0.706. The fourth-order valence-electron chi connectivity index (χ4n) is 1.79. The molecule has 0 aliphatic rings. The average molecular weight is 238 g/mol. The molecule has 94 valence electrons. The first-order chi connectivity index (χ1) is 8.03. The SMILES string of the molecule is CCC(CC)(CC(=O)O)NC(=O)c1ccc[nH]1. The number of carbonyl (C=O) groups is 2. The minimum Gasteiger partial charge on any atom is -0.481 e. The van der Waals surface area contributed by atoms with E-state index in [1.165, 1.54) is 0 Å². The van der Waals surface area contributed by atoms with Gasteiger partial charge in [0.05, 0.1) is 12.0 Å². The highest BCUT2D eigenvalue weighted by atomic mass is 16.4. The third-order valence-corrected chi connectivity index (χ3v) is 3.06. The zero-order valence-electron chi connectivity index (χ0n) is 10.1. The molecule has 1 aromatic rings. The van der Waals surface area contributed by atoms with Crippen molar-refractivity contribution in [3.63, 3.8) is 0 Å². The molecule has 0 saturated heterocycles. The molecule has 0 bridgehead atoms. The molecule has 0 saturated carbocycles. The van der Waals surface area contributed by atoms with Gasteiger partial charge in [-0.1, -0.05) is 13.8 Å². The van der Waals surface area contributed by atoms with Crippen LogP contribution in [0.15, 0.2) is 18.3 Å². The van der Waals surface area contributed by atoms with E-state index in [0.717, 1.165) is 0 Å². The first-order valence-corrected chi connectivity index (χ1v) is 5.70. The zero-order valence-corrected chi connectivity index (χ0v) is 10.1. The Bertz CT molecular complexity index is 380. The molecule has 0 unspecified atom stereocenters. The Balaban J connectivity index is 2.79. The molecule has 1 rings (SSSR count). The van der Waals surface area contributed by atoms with Crippen molar-refractivity contribution >= 4 is 11.9 Å². The molecule has 0 aliphatic heterocycles. The van der Waals surface area contributed by atoms with Crippen molar-refractivity contribution in [1.29, 1.82) is 0 Å². The number of aliphatic carboxylic acids is 1. The summed E-state index contributed by atoms with van der Waals surface area (Å²) in [6.07, 6.45) is 2.77. The highest BCUT2D eigenvalue weighted by Crippen LogP contribution is 2.20. The summed E-state index contributed by atoms with van der Waals surface area (Å²) in [6, 6.07) is 3.39. The third-order valence-electron chi connectivity index (χ3n) is 3.06. The Labute approximate surface area is 100 Å². The van der Waals surface area contributed by atoms with Crippen LogP contribution in [0.25, 0.3) is 0 Å². The molecule has 1 aromatic heterocycles. The maximum absolute atomic E-state index is 11.9. The molecule has 17 heavy (non-hydrogen) atoms. The number of carbonyl (C=O) groups excluding carboxylic acids is 1. The monoisotopic (exact) mass is 238 g/mol. The number of rotatable bonds is 6. The third kappa shape index (κ3) is 3.34. The first-order valence-electron chi connectivity index (χ1n) is 5.70. The van der Waals surface area contributed by atoms with Crippen molar-refractivity contribution in [1.82, 2.24) is 10.3 Å². The molecule has 0 spiro atoms. The van der Waals surface area contributed by atoms with Gasteiger partial charge in [-0.2, -0.15) is 0 Å². The lowest BCUT2D eigenvalue weighted by Crippen LogP contribution is -2.49. The fraction of sp³-hybridized carbons (Fsp3) is 0.500. The predicted octanol–water partition coefficient (Wildman–Crippen LogP) is 1.78. The van der Waals surface area contributed by atoms with Gasteiger partial charge in [-0.05, 0) is 25.0 Å². The van der Waals surface area contributed by atoms with Crippen LogP contribution in [0.5, 0.6) is 0 Å². The normalized spacial score (nSPS) is 11.2. The van der Waals surface area contributed by atoms with Crippen LogP contribution in [0.2, 0.25) is 0 Å². The van der Waals surface area contributed by atoms with E-state index in [4.69, 9.17) is 5.11 Å². The Hall–Kier alpha value is -1.78. The van der Waals surface area contributed by atoms with E-state index in [9.17, 15) is 9.59 Å². The lowest BCUT2D eigenvalue weighted by atomic mass is 9.89. The first kappa shape index (κ1) is 13.3. The lowest BCUT2D eigenvalue weighted by Gasteiger charge is -2.31. The number of aromatic nitrogens is 1. The average Bonchev–Trinajstić information content (AvgIpc) is 2.80. The Morgan fingerprint density at radius 2 is 2.06 bits per heavy atom. The maximum atomic E-state index is 11.9. The van der Waals surface area contributed by atoms with Crippen molar-refractivity contribution in [2.24, 2.45) is 0 Å². The number of hydrogen-bond acceptors (Lipinski definition) is 2. The lowest BCUT2D eigenvalue weighted by molar-refractivity contribution is -0.138. The Kier molecular flexibility index (Phi) is 4.31. The van der Waals surface area contributed by atoms with Gasteiger partial charge in [0.15, 0.2) is 0 Å². The predicted molar refractivity (Wildman–Crippen MR) is 63.8 cm³/mol. The molecule has 5 nitrogen and oxygen atoms in total. The number of aromatic amines is 1. The van der Waals surface area contributed by atoms with Gasteiger partial charge in [-0.25, -0.2) is 0 Å². The van der Waals surface area contributed by atoms with Crippen LogP contribution < -0.4 is 5.32 Å². The van der Waals surface area contributed by atoms with Crippen molar-refractivity contribution < 1.29 is 14.7 Å². The van der Waals surface area contributed by atoms with Crippen molar-refractivity contribution in [2.45, 2.75) is 38.6 Å². The van der Waals surface area contributed by atoms with E-state index < -0.39 is 11.5 Å². The van der Waals surface area contributed by atoms with Crippen molar-refractivity contribution in [3.8, 4) is 0 Å². The van der Waals surface area contributed by atoms with Crippen LogP contribution in [-0.4, -0.2) is 27.5 Å². The van der Waals surface area contributed by atoms with Gasteiger partial charge in [-0.15, -0.1) is 0 Å². The van der Waals surface area contributed by atoms with Crippen LogP contribution in [0.1, 0.15) is 43.6 Å². The molecule has 1 heterocycles. The Morgan fingerprint density at radius 3 is 2.47 bits per heavy atom. The van der Waals surface area contributed by atoms with Crippen molar-refractivity contribution in [2.75, 3.05) is 0 Å². The fourth-order valence-corrected chi connectivity index (χ4v) is 1.79. The molecular weight excluding hydrogens is 220 g/mol. The number of hydrogen-bond donors (Lipinski definition) is 3. The number of H-pyrrole nitrogens is 1. The summed E-state index contributed by atoms with van der Waals surface area (Å²) in [6.45, 7) is 3.75. The molecule has 0 fully saturated rings. The van der Waals surface area contributed by atoms with Gasteiger partial charge in [0.2, 0.25) is 0 Å². The van der Waals surface area contributed by atoms with E-state index in [1.807, 2.05) is 13.8 Å². The number of carboxylic acid groups (broad SMARTS) is 1. The highest BCUT2D eigenvalue weighted by Gasteiger charge is 2.31. The van der Waals surface area contributed by atoms with Crippen LogP contribution in [0.4, 0.5) is 0 Å². The Morgan fingerprint density at radius 1 is 1.41 bits per heavy atom. The largest absolute Gasteiger partial charge is 0.481 e. The topological polar surface area (TPSA) is 82.2 Å². The molecule has 0 aliphatic carbocycles. The summed E-state index contributed by atoms with van der Waals surface area (Å²) in [5.74, 6) is -1.17. The smallest absolute Gasteiger partial charge is 0.305 e. The summed E-state index contributed by atoms with van der Waals surface area (Å²) in [5, 5.41) is 11.7. The van der Waals surface area contributed by atoms with E-state index in [1.54, 1.807) is 18.3 Å². The molecular formula is C12H18N2O3. The summed E-state index contributed by atoms with van der Waals surface area (Å²) in [5.41, 5.74) is -0.227. The second kappa shape index (κ2) is 5.52. The van der Waals surface area contributed by atoms with E-state index in [-0.39, 0.29) is 12.3 Å². The molecule has 1 amide bonds. The second-order valence-electron chi connectivity index (χ2n) is 4.10.